The van der Waals surface area contributed by atoms with Gasteiger partial charge in [0.15, 0.2) is 5.82 Å². The van der Waals surface area contributed by atoms with Crippen LogP contribution in [0.3, 0.4) is 0 Å². The third kappa shape index (κ3) is 6.55. The highest BCUT2D eigenvalue weighted by atomic mass is 32.2. The standard InChI is InChI=1S/C37H34F6N8O4S/c1-36(53)16-50(17-36)27-10-8-21(22-5-4-6-24-32(22)49(2)47-35(24)48-56(3,54)55)30(45-27)26(13-18-11-19(38)14-20(39)12-18)44-28(52)15-51-33-29(31(46-51)34(40)41)23-7-9-25(23)37(33,42)43/h4-12,14,23,25-26,34,53H,13,15-17H2,1-3H3,(H,44,52)(H,47,48)/t23-,25+,26-/m0/s1. The minimum atomic E-state index is -3.75. The molecule has 56 heavy (non-hydrogen) atoms. The van der Waals surface area contributed by atoms with E-state index in [2.05, 4.69) is 20.2 Å². The number of allylic oxidation sites excluding steroid dienone is 2. The predicted octanol–water partition coefficient (Wildman–Crippen LogP) is 5.47. The number of pyridine rings is 1. The first kappa shape index (κ1) is 37.5. The van der Waals surface area contributed by atoms with Gasteiger partial charge in [0.2, 0.25) is 15.9 Å². The van der Waals surface area contributed by atoms with Crippen LogP contribution in [0.15, 0.2) is 60.7 Å². The lowest BCUT2D eigenvalue weighted by Crippen LogP contribution is -2.60. The number of β-amino-alcohol motifs (C(OH)–C–C–N with tert-alkyl or cyclic N) is 1. The van der Waals surface area contributed by atoms with Gasteiger partial charge in [-0.05, 0) is 49.2 Å². The highest BCUT2D eigenvalue weighted by Crippen LogP contribution is 2.60. The molecule has 1 amide bonds. The zero-order chi connectivity index (χ0) is 40.1. The number of halogens is 6. The highest BCUT2D eigenvalue weighted by molar-refractivity contribution is 7.92. The van der Waals surface area contributed by atoms with E-state index in [4.69, 9.17) is 4.98 Å². The minimum Gasteiger partial charge on any atom is -0.386 e. The third-order valence-corrected chi connectivity index (χ3v) is 10.8. The maximum atomic E-state index is 15.6. The number of anilines is 2. The summed E-state index contributed by atoms with van der Waals surface area (Å²) in [5.74, 6) is -8.25. The highest BCUT2D eigenvalue weighted by Gasteiger charge is 2.60. The van der Waals surface area contributed by atoms with Crippen LogP contribution in [0.5, 0.6) is 0 Å². The topological polar surface area (TPSA) is 147 Å². The molecule has 3 aliphatic rings. The van der Waals surface area contributed by atoms with Crippen molar-refractivity contribution in [2.24, 2.45) is 13.0 Å². The van der Waals surface area contributed by atoms with E-state index >= 15 is 8.78 Å². The summed E-state index contributed by atoms with van der Waals surface area (Å²) in [5, 5.41) is 21.8. The van der Waals surface area contributed by atoms with Crippen LogP contribution in [-0.4, -0.2) is 68.9 Å². The molecule has 0 bridgehead atoms. The summed E-state index contributed by atoms with van der Waals surface area (Å²) < 4.78 is 117. The Morgan fingerprint density at radius 1 is 1.02 bits per heavy atom. The molecule has 5 aromatic rings. The molecule has 294 valence electrons. The molecule has 1 aliphatic heterocycles. The van der Waals surface area contributed by atoms with Crippen molar-refractivity contribution in [3.05, 3.63) is 101 Å². The molecule has 3 N–H and O–H groups in total. The first-order valence-corrected chi connectivity index (χ1v) is 19.3. The van der Waals surface area contributed by atoms with Crippen LogP contribution in [0.4, 0.5) is 38.0 Å². The van der Waals surface area contributed by atoms with E-state index < -0.39 is 81.3 Å². The lowest BCUT2D eigenvalue weighted by molar-refractivity contribution is -0.123. The average Bonchev–Trinajstić information content (AvgIpc) is 3.63. The second-order valence-electron chi connectivity index (χ2n) is 14.8. The Bertz CT molecular complexity index is 2540. The number of aliphatic hydroxyl groups is 1. The predicted molar refractivity (Wildman–Crippen MR) is 193 cm³/mol. The van der Waals surface area contributed by atoms with Crippen molar-refractivity contribution < 1.29 is 44.7 Å². The number of nitrogens with zero attached hydrogens (tertiary/aromatic N) is 6. The Morgan fingerprint density at radius 2 is 1.73 bits per heavy atom. The van der Waals surface area contributed by atoms with Gasteiger partial charge in [-0.3, -0.25) is 18.9 Å². The van der Waals surface area contributed by atoms with E-state index in [0.29, 0.717) is 38.6 Å². The number of alkyl halides is 4. The monoisotopic (exact) mass is 800 g/mol. The van der Waals surface area contributed by atoms with Gasteiger partial charge in [0.25, 0.3) is 12.3 Å². The number of carbonyl (C=O) groups is 1. The number of amides is 1. The molecule has 3 atom stereocenters. The van der Waals surface area contributed by atoms with Crippen LogP contribution < -0.4 is 14.9 Å². The molecular formula is C37H34F6N8O4S. The second kappa shape index (κ2) is 13.1. The summed E-state index contributed by atoms with van der Waals surface area (Å²) in [7, 11) is -2.16. The van der Waals surface area contributed by atoms with Crippen LogP contribution >= 0.6 is 0 Å². The molecule has 2 aliphatic carbocycles. The van der Waals surface area contributed by atoms with Gasteiger partial charge in [0.1, 0.15) is 35.4 Å². The van der Waals surface area contributed by atoms with Gasteiger partial charge < -0.3 is 15.3 Å². The summed E-state index contributed by atoms with van der Waals surface area (Å²) in [6.07, 6.45) is 0.137. The molecule has 1 fully saturated rings. The van der Waals surface area contributed by atoms with E-state index in [1.165, 1.54) is 16.8 Å². The van der Waals surface area contributed by atoms with Gasteiger partial charge in [-0.15, -0.1) is 0 Å². The van der Waals surface area contributed by atoms with Gasteiger partial charge in [-0.25, -0.2) is 31.0 Å². The quantitative estimate of drug-likeness (QED) is 0.118. The summed E-state index contributed by atoms with van der Waals surface area (Å²) >= 11 is 0. The second-order valence-corrected chi connectivity index (χ2v) is 16.5. The zero-order valence-corrected chi connectivity index (χ0v) is 30.8. The molecule has 2 aromatic carbocycles. The first-order chi connectivity index (χ1) is 26.3. The number of para-hydroxylation sites is 1. The fraction of sp³-hybridized carbons (Fsp3) is 0.351. The normalized spacial score (nSPS) is 19.7. The number of sulfonamides is 1. The van der Waals surface area contributed by atoms with Crippen molar-refractivity contribution in [2.75, 3.05) is 29.0 Å². The van der Waals surface area contributed by atoms with Crippen molar-refractivity contribution in [3.8, 4) is 11.1 Å². The third-order valence-electron chi connectivity index (χ3n) is 10.3. The van der Waals surface area contributed by atoms with E-state index in [0.717, 1.165) is 18.4 Å². The maximum absolute atomic E-state index is 15.6. The lowest BCUT2D eigenvalue weighted by Gasteiger charge is -2.45. The Balaban J connectivity index is 1.25. The molecule has 4 heterocycles. The van der Waals surface area contributed by atoms with Crippen molar-refractivity contribution in [2.45, 2.75) is 49.8 Å². The summed E-state index contributed by atoms with van der Waals surface area (Å²) in [5.41, 5.74) is -1.44. The van der Waals surface area contributed by atoms with E-state index in [9.17, 15) is 35.9 Å². The molecule has 0 radical (unpaired) electrons. The number of hydrogen-bond acceptors (Lipinski definition) is 8. The van der Waals surface area contributed by atoms with Crippen molar-refractivity contribution >= 4 is 38.5 Å². The molecule has 0 unspecified atom stereocenters. The lowest BCUT2D eigenvalue weighted by atomic mass is 9.81. The van der Waals surface area contributed by atoms with Crippen molar-refractivity contribution in [3.63, 3.8) is 0 Å². The summed E-state index contributed by atoms with van der Waals surface area (Å²) in [4.78, 5) is 20.7. The molecule has 12 nitrogen and oxygen atoms in total. The number of nitrogens with one attached hydrogen (secondary N) is 2. The molecular weight excluding hydrogens is 767 g/mol. The van der Waals surface area contributed by atoms with E-state index in [1.54, 1.807) is 49.2 Å². The number of hydrogen-bond donors (Lipinski definition) is 3. The van der Waals surface area contributed by atoms with Crippen molar-refractivity contribution in [1.82, 2.24) is 29.9 Å². The SMILES string of the molecule is Cn1nc(NS(C)(=O)=O)c2cccc(-c3ccc(N4CC(C)(O)C4)nc3[C@H](Cc3cc(F)cc(F)c3)NC(=O)Cn3nc(C(F)F)c4c3C(F)(F)[C@@H]3C=C[C@H]43)c21. The minimum absolute atomic E-state index is 0.0382. The van der Waals surface area contributed by atoms with E-state index in [1.807, 2.05) is 0 Å². The number of rotatable bonds is 11. The fourth-order valence-corrected chi connectivity index (χ4v) is 8.50. The Labute approximate surface area is 315 Å². The molecule has 8 rings (SSSR count). The molecule has 19 heteroatoms. The Hall–Kier alpha value is -5.43. The van der Waals surface area contributed by atoms with Gasteiger partial charge in [0, 0.05) is 54.2 Å². The average molecular weight is 801 g/mol. The smallest absolute Gasteiger partial charge is 0.296 e. The summed E-state index contributed by atoms with van der Waals surface area (Å²) in [6, 6.07) is 9.89. The van der Waals surface area contributed by atoms with Crippen LogP contribution in [-0.2, 0) is 40.8 Å². The number of aromatic nitrogens is 5. The fourth-order valence-electron chi connectivity index (χ4n) is 8.00. The number of fused-ring (bicyclic) bond motifs is 4. The number of aryl methyl sites for hydroxylation is 1. The molecule has 1 saturated heterocycles. The molecule has 0 spiro atoms. The van der Waals surface area contributed by atoms with Crippen LogP contribution in [0.2, 0.25) is 0 Å². The summed E-state index contributed by atoms with van der Waals surface area (Å²) in [6.45, 7) is 1.14. The molecule has 3 aromatic heterocycles. The van der Waals surface area contributed by atoms with Gasteiger partial charge in [0.05, 0.1) is 35.0 Å². The van der Waals surface area contributed by atoms with Crippen LogP contribution in [0.1, 0.15) is 53.5 Å². The van der Waals surface area contributed by atoms with Gasteiger partial charge >= 0.3 is 0 Å². The Morgan fingerprint density at radius 3 is 2.36 bits per heavy atom. The van der Waals surface area contributed by atoms with Gasteiger partial charge in [-0.2, -0.15) is 19.0 Å². The number of benzene rings is 2. The van der Waals surface area contributed by atoms with E-state index in [-0.39, 0.29) is 42.1 Å². The largest absolute Gasteiger partial charge is 0.386 e. The molecule has 0 saturated carbocycles. The first-order valence-electron chi connectivity index (χ1n) is 17.4. The zero-order valence-electron chi connectivity index (χ0n) is 29.9. The van der Waals surface area contributed by atoms with Gasteiger partial charge in [-0.1, -0.05) is 24.3 Å². The number of carbonyl (C=O) groups excluding carboxylic acids is 1. The maximum Gasteiger partial charge on any atom is 0.296 e. The van der Waals surface area contributed by atoms with Crippen molar-refractivity contribution in [1.29, 1.82) is 0 Å². The van der Waals surface area contributed by atoms with Crippen LogP contribution in [0, 0.1) is 17.6 Å². The Kier molecular flexibility index (Phi) is 8.75. The van der Waals surface area contributed by atoms with Crippen LogP contribution in [0.25, 0.3) is 22.0 Å².